The molecular weight excluding hydrogens is 743 g/mol. The van der Waals surface area contributed by atoms with Crippen molar-refractivity contribution in [3.63, 3.8) is 0 Å². The van der Waals surface area contributed by atoms with Crippen LogP contribution in [0.1, 0.15) is 47.2 Å². The Labute approximate surface area is 355 Å². The summed E-state index contributed by atoms with van der Waals surface area (Å²) < 4.78 is 2.66. The molecule has 0 spiro atoms. The molecule has 2 unspecified atom stereocenters. The molecule has 0 N–H and O–H groups in total. The van der Waals surface area contributed by atoms with E-state index in [2.05, 4.69) is 231 Å². The molecule has 12 rings (SSSR count). The standard InChI is InChI=1S/C58H41NS/c1-57(39-17-5-3-6-18-39)50-27-13-10-23-48(50)55-51(57)28-16-29-53(55)59(41-33-31-38(32-34-41)43-24-15-25-47-46-22-11-14-30-54(46)60-56(43)47)42-35-36-45-44-21-9-12-26-49(44)58(2,52(45)37-42)40-19-7-4-8-20-40/h3-37H,1-2H3. The molecule has 2 heteroatoms. The molecule has 0 bridgehead atoms. The summed E-state index contributed by atoms with van der Waals surface area (Å²) in [7, 11) is 0. The molecule has 2 aliphatic carbocycles. The van der Waals surface area contributed by atoms with E-state index in [0.717, 1.165) is 11.4 Å². The third-order valence-electron chi connectivity index (χ3n) is 13.7. The summed E-state index contributed by atoms with van der Waals surface area (Å²) >= 11 is 1.89. The van der Waals surface area contributed by atoms with Crippen LogP contribution in [0.5, 0.6) is 0 Å². The number of thiophene rings is 1. The van der Waals surface area contributed by atoms with Crippen LogP contribution in [0.25, 0.3) is 53.6 Å². The van der Waals surface area contributed by atoms with Crippen LogP contribution in [0, 0.1) is 0 Å². The topological polar surface area (TPSA) is 3.24 Å². The number of nitrogens with zero attached hydrogens (tertiary/aromatic N) is 1. The summed E-state index contributed by atoms with van der Waals surface area (Å²) in [5.41, 5.74) is 18.4. The summed E-state index contributed by atoms with van der Waals surface area (Å²) in [6.07, 6.45) is 0. The minimum atomic E-state index is -0.321. The average Bonchev–Trinajstić information content (AvgIpc) is 3.92. The van der Waals surface area contributed by atoms with Gasteiger partial charge >= 0.3 is 0 Å². The molecule has 0 aliphatic heterocycles. The van der Waals surface area contributed by atoms with Gasteiger partial charge in [0.25, 0.3) is 0 Å². The third-order valence-corrected chi connectivity index (χ3v) is 14.9. The summed E-state index contributed by atoms with van der Waals surface area (Å²) in [5, 5.41) is 2.64. The van der Waals surface area contributed by atoms with Crippen LogP contribution in [0.4, 0.5) is 17.1 Å². The van der Waals surface area contributed by atoms with Crippen molar-refractivity contribution in [3.05, 3.63) is 246 Å². The highest BCUT2D eigenvalue weighted by Crippen LogP contribution is 2.58. The van der Waals surface area contributed by atoms with Crippen LogP contribution in [0.15, 0.2) is 212 Å². The predicted molar refractivity (Wildman–Crippen MR) is 254 cm³/mol. The molecule has 60 heavy (non-hydrogen) atoms. The van der Waals surface area contributed by atoms with Gasteiger partial charge in [-0.15, -0.1) is 11.3 Å². The molecule has 1 nitrogen and oxygen atoms in total. The fraction of sp³-hybridized carbons (Fsp3) is 0.0690. The number of hydrogen-bond donors (Lipinski definition) is 0. The molecule has 0 saturated carbocycles. The van der Waals surface area contributed by atoms with Crippen molar-refractivity contribution in [1.29, 1.82) is 0 Å². The smallest absolute Gasteiger partial charge is 0.0543 e. The van der Waals surface area contributed by atoms with Gasteiger partial charge in [-0.1, -0.05) is 176 Å². The van der Waals surface area contributed by atoms with Crippen molar-refractivity contribution >= 4 is 48.6 Å². The number of hydrogen-bond acceptors (Lipinski definition) is 2. The molecule has 0 fully saturated rings. The molecule has 0 amide bonds. The summed E-state index contributed by atoms with van der Waals surface area (Å²) in [6, 6.07) is 79.1. The fourth-order valence-corrected chi connectivity index (χ4v) is 11.9. The Hall–Kier alpha value is -7.00. The van der Waals surface area contributed by atoms with Crippen LogP contribution in [0.2, 0.25) is 0 Å². The minimum absolute atomic E-state index is 0.312. The predicted octanol–water partition coefficient (Wildman–Crippen LogP) is 15.9. The lowest BCUT2D eigenvalue weighted by atomic mass is 9.74. The lowest BCUT2D eigenvalue weighted by molar-refractivity contribution is 0.713. The first-order valence-corrected chi connectivity index (χ1v) is 21.7. The van der Waals surface area contributed by atoms with Crippen molar-refractivity contribution in [2.45, 2.75) is 24.7 Å². The molecule has 0 saturated heterocycles. The molecule has 9 aromatic carbocycles. The fourth-order valence-electron chi connectivity index (χ4n) is 10.7. The quantitative estimate of drug-likeness (QED) is 0.162. The maximum atomic E-state index is 2.52. The van der Waals surface area contributed by atoms with E-state index in [4.69, 9.17) is 0 Å². The largest absolute Gasteiger partial charge is 0.310 e. The van der Waals surface area contributed by atoms with Crippen LogP contribution in [-0.4, -0.2) is 0 Å². The Morgan fingerprint density at radius 2 is 0.917 bits per heavy atom. The second kappa shape index (κ2) is 13.3. The SMILES string of the molecule is CC1(c2ccccc2)c2ccccc2-c2ccc(N(c3ccc(-c4cccc5c4sc4ccccc45)cc3)c3cccc4c3-c3ccccc3C4(C)c3ccccc3)cc21. The van der Waals surface area contributed by atoms with Gasteiger partial charge in [0.05, 0.1) is 5.69 Å². The molecular formula is C58H41NS. The summed E-state index contributed by atoms with van der Waals surface area (Å²) in [6.45, 7) is 4.81. The Kier molecular flexibility index (Phi) is 7.73. The van der Waals surface area contributed by atoms with Crippen LogP contribution in [-0.2, 0) is 10.8 Å². The van der Waals surface area contributed by atoms with Gasteiger partial charge in [-0.2, -0.15) is 0 Å². The van der Waals surface area contributed by atoms with Crippen LogP contribution < -0.4 is 4.90 Å². The van der Waals surface area contributed by atoms with Crippen molar-refractivity contribution in [2.75, 3.05) is 4.90 Å². The second-order valence-corrected chi connectivity index (χ2v) is 17.7. The van der Waals surface area contributed by atoms with E-state index >= 15 is 0 Å². The van der Waals surface area contributed by atoms with Crippen molar-refractivity contribution in [1.82, 2.24) is 0 Å². The van der Waals surface area contributed by atoms with Gasteiger partial charge in [0, 0.05) is 47.9 Å². The van der Waals surface area contributed by atoms with E-state index in [1.165, 1.54) is 92.6 Å². The average molecular weight is 784 g/mol. The Bertz CT molecular complexity index is 3290. The maximum Gasteiger partial charge on any atom is 0.0543 e. The van der Waals surface area contributed by atoms with E-state index in [0.29, 0.717) is 0 Å². The minimum Gasteiger partial charge on any atom is -0.310 e. The van der Waals surface area contributed by atoms with E-state index in [-0.39, 0.29) is 10.8 Å². The zero-order valence-corrected chi connectivity index (χ0v) is 34.4. The number of rotatable bonds is 6. The van der Waals surface area contributed by atoms with E-state index < -0.39 is 0 Å². The number of anilines is 3. The van der Waals surface area contributed by atoms with Gasteiger partial charge in [-0.05, 0) is 111 Å². The highest BCUT2D eigenvalue weighted by atomic mass is 32.1. The van der Waals surface area contributed by atoms with Crippen molar-refractivity contribution in [2.24, 2.45) is 0 Å². The molecule has 284 valence electrons. The molecule has 1 heterocycles. The maximum absolute atomic E-state index is 2.52. The molecule has 1 aromatic heterocycles. The lowest BCUT2D eigenvalue weighted by Crippen LogP contribution is -2.23. The molecule has 0 radical (unpaired) electrons. The normalized spacial score (nSPS) is 17.3. The zero-order valence-electron chi connectivity index (χ0n) is 33.6. The monoisotopic (exact) mass is 783 g/mol. The van der Waals surface area contributed by atoms with Gasteiger partial charge in [0.15, 0.2) is 0 Å². The highest BCUT2D eigenvalue weighted by molar-refractivity contribution is 7.26. The Morgan fingerprint density at radius 3 is 1.67 bits per heavy atom. The zero-order chi connectivity index (χ0) is 40.0. The first-order valence-electron chi connectivity index (χ1n) is 20.9. The van der Waals surface area contributed by atoms with E-state index in [9.17, 15) is 0 Å². The van der Waals surface area contributed by atoms with E-state index in [1.807, 2.05) is 11.3 Å². The Morgan fingerprint density at radius 1 is 0.383 bits per heavy atom. The number of benzene rings is 9. The molecule has 2 aliphatic rings. The van der Waals surface area contributed by atoms with Gasteiger partial charge in [0.2, 0.25) is 0 Å². The van der Waals surface area contributed by atoms with Gasteiger partial charge in [0.1, 0.15) is 0 Å². The number of fused-ring (bicyclic) bond motifs is 9. The van der Waals surface area contributed by atoms with Gasteiger partial charge < -0.3 is 4.90 Å². The van der Waals surface area contributed by atoms with Gasteiger partial charge in [-0.25, -0.2) is 0 Å². The van der Waals surface area contributed by atoms with Crippen LogP contribution in [0.3, 0.4) is 0 Å². The summed E-state index contributed by atoms with van der Waals surface area (Å²) in [5.74, 6) is 0. The van der Waals surface area contributed by atoms with Gasteiger partial charge in [-0.3, -0.25) is 0 Å². The summed E-state index contributed by atoms with van der Waals surface area (Å²) in [4.78, 5) is 2.52. The highest BCUT2D eigenvalue weighted by Gasteiger charge is 2.44. The third kappa shape index (κ3) is 4.92. The van der Waals surface area contributed by atoms with Crippen molar-refractivity contribution in [3.8, 4) is 33.4 Å². The lowest BCUT2D eigenvalue weighted by Gasteiger charge is -2.32. The van der Waals surface area contributed by atoms with Crippen LogP contribution >= 0.6 is 11.3 Å². The molecule has 2 atom stereocenters. The first kappa shape index (κ1) is 35.0. The second-order valence-electron chi connectivity index (χ2n) is 16.7. The molecule has 10 aromatic rings. The van der Waals surface area contributed by atoms with Crippen molar-refractivity contribution < 1.29 is 0 Å². The Balaban J connectivity index is 1.09. The first-order chi connectivity index (χ1) is 29.5. The van der Waals surface area contributed by atoms with E-state index in [1.54, 1.807) is 0 Å².